The van der Waals surface area contributed by atoms with E-state index in [1.807, 2.05) is 32.9 Å². The number of ether oxygens (including phenoxy) is 2. The Labute approximate surface area is 107 Å². The molecule has 1 aromatic heterocycles. The molecule has 0 aliphatic rings. The molecule has 0 fully saturated rings. The molecule has 1 N–H and O–H groups in total. The Morgan fingerprint density at radius 3 is 2.17 bits per heavy atom. The molecular weight excluding hydrogens is 228 g/mol. The van der Waals surface area contributed by atoms with Crippen LogP contribution in [-0.4, -0.2) is 24.2 Å². The molecule has 2 aromatic rings. The average molecular weight is 246 g/mol. The molecule has 0 aliphatic carbocycles. The van der Waals surface area contributed by atoms with E-state index < -0.39 is 0 Å². The maximum Gasteiger partial charge on any atom is 0.128 e. The van der Waals surface area contributed by atoms with Gasteiger partial charge in [0.05, 0.1) is 19.9 Å². The summed E-state index contributed by atoms with van der Waals surface area (Å²) in [6.45, 7) is 5.93. The second kappa shape index (κ2) is 4.72. The summed E-state index contributed by atoms with van der Waals surface area (Å²) in [6.07, 6.45) is 0. The molecule has 2 rings (SSSR count). The lowest BCUT2D eigenvalue weighted by Crippen LogP contribution is -1.94. The van der Waals surface area contributed by atoms with Crippen molar-refractivity contribution in [3.63, 3.8) is 0 Å². The monoisotopic (exact) mass is 246 g/mol. The molecule has 1 aromatic carbocycles. The summed E-state index contributed by atoms with van der Waals surface area (Å²) in [5.41, 5.74) is 3.92. The lowest BCUT2D eigenvalue weighted by atomic mass is 10.1. The average Bonchev–Trinajstić information content (AvgIpc) is 2.68. The number of aryl methyl sites for hydroxylation is 3. The molecule has 96 valence electrons. The van der Waals surface area contributed by atoms with E-state index in [0.29, 0.717) is 0 Å². The van der Waals surface area contributed by atoms with Gasteiger partial charge in [-0.2, -0.15) is 0 Å². The van der Waals surface area contributed by atoms with Crippen LogP contribution >= 0.6 is 0 Å². The molecular formula is C14H18N2O2. The zero-order chi connectivity index (χ0) is 13.3. The first-order valence-electron chi connectivity index (χ1n) is 5.83. The van der Waals surface area contributed by atoms with Gasteiger partial charge in [0, 0.05) is 11.3 Å². The van der Waals surface area contributed by atoms with Gasteiger partial charge in [0.2, 0.25) is 0 Å². The van der Waals surface area contributed by atoms with Crippen LogP contribution in [-0.2, 0) is 0 Å². The molecule has 0 aliphatic heterocycles. The number of methoxy groups -OCH3 is 2. The van der Waals surface area contributed by atoms with Crippen molar-refractivity contribution >= 4 is 0 Å². The minimum atomic E-state index is 0.808. The van der Waals surface area contributed by atoms with Crippen molar-refractivity contribution in [1.29, 1.82) is 0 Å². The van der Waals surface area contributed by atoms with E-state index >= 15 is 0 Å². The van der Waals surface area contributed by atoms with E-state index in [9.17, 15) is 0 Å². The van der Waals surface area contributed by atoms with Gasteiger partial charge in [-0.3, -0.25) is 0 Å². The number of imidazole rings is 1. The summed E-state index contributed by atoms with van der Waals surface area (Å²) in [7, 11) is 3.33. The minimum absolute atomic E-state index is 0.808. The SMILES string of the molecule is COc1cc(-c2nc(C)[nH]c2C)c(OC)cc1C. The van der Waals surface area contributed by atoms with Gasteiger partial charge in [0.1, 0.15) is 17.3 Å². The topological polar surface area (TPSA) is 47.1 Å². The number of hydrogen-bond donors (Lipinski definition) is 1. The highest BCUT2D eigenvalue weighted by Crippen LogP contribution is 2.36. The summed E-state index contributed by atoms with van der Waals surface area (Å²) in [5.74, 6) is 2.54. The molecule has 1 heterocycles. The smallest absolute Gasteiger partial charge is 0.128 e. The number of H-pyrrole nitrogens is 1. The van der Waals surface area contributed by atoms with E-state index in [0.717, 1.165) is 39.8 Å². The fraction of sp³-hybridized carbons (Fsp3) is 0.357. The molecule has 0 spiro atoms. The second-order valence-corrected chi connectivity index (χ2v) is 4.32. The molecule has 18 heavy (non-hydrogen) atoms. The van der Waals surface area contributed by atoms with Gasteiger partial charge in [-0.15, -0.1) is 0 Å². The Bertz CT molecular complexity index is 573. The number of rotatable bonds is 3. The van der Waals surface area contributed by atoms with Crippen LogP contribution in [0.1, 0.15) is 17.1 Å². The van der Waals surface area contributed by atoms with Gasteiger partial charge in [0.25, 0.3) is 0 Å². The first-order valence-corrected chi connectivity index (χ1v) is 5.83. The highest BCUT2D eigenvalue weighted by Gasteiger charge is 2.15. The fourth-order valence-corrected chi connectivity index (χ4v) is 2.11. The quantitative estimate of drug-likeness (QED) is 0.905. The van der Waals surface area contributed by atoms with Crippen molar-refractivity contribution in [2.75, 3.05) is 14.2 Å². The fourth-order valence-electron chi connectivity index (χ4n) is 2.11. The van der Waals surface area contributed by atoms with Crippen LogP contribution < -0.4 is 9.47 Å². The molecule has 0 saturated carbocycles. The summed E-state index contributed by atoms with van der Waals surface area (Å²) >= 11 is 0. The van der Waals surface area contributed by atoms with Gasteiger partial charge >= 0.3 is 0 Å². The highest BCUT2D eigenvalue weighted by atomic mass is 16.5. The molecule has 0 atom stereocenters. The summed E-state index contributed by atoms with van der Waals surface area (Å²) < 4.78 is 10.8. The Morgan fingerprint density at radius 2 is 1.67 bits per heavy atom. The molecule has 0 unspecified atom stereocenters. The Balaban J connectivity index is 2.65. The number of aromatic nitrogens is 2. The largest absolute Gasteiger partial charge is 0.496 e. The van der Waals surface area contributed by atoms with E-state index in [1.165, 1.54) is 0 Å². The van der Waals surface area contributed by atoms with E-state index in [1.54, 1.807) is 14.2 Å². The minimum Gasteiger partial charge on any atom is -0.496 e. The van der Waals surface area contributed by atoms with Crippen molar-refractivity contribution in [3.05, 3.63) is 29.2 Å². The Morgan fingerprint density at radius 1 is 1.00 bits per heavy atom. The molecule has 4 heteroatoms. The van der Waals surface area contributed by atoms with E-state index in [4.69, 9.17) is 9.47 Å². The third kappa shape index (κ3) is 2.06. The van der Waals surface area contributed by atoms with Crippen LogP contribution in [0.4, 0.5) is 0 Å². The first-order chi connectivity index (χ1) is 8.56. The van der Waals surface area contributed by atoms with Crippen LogP contribution in [0, 0.1) is 20.8 Å². The number of benzene rings is 1. The van der Waals surface area contributed by atoms with Crippen molar-refractivity contribution in [2.24, 2.45) is 0 Å². The molecule has 0 radical (unpaired) electrons. The summed E-state index contributed by atoms with van der Waals surface area (Å²) in [5, 5.41) is 0. The third-order valence-electron chi connectivity index (χ3n) is 2.98. The molecule has 4 nitrogen and oxygen atoms in total. The van der Waals surface area contributed by atoms with Gasteiger partial charge in [0.15, 0.2) is 0 Å². The van der Waals surface area contributed by atoms with Gasteiger partial charge in [-0.1, -0.05) is 0 Å². The van der Waals surface area contributed by atoms with Crippen molar-refractivity contribution in [3.8, 4) is 22.8 Å². The van der Waals surface area contributed by atoms with Crippen LogP contribution in [0.15, 0.2) is 12.1 Å². The Hall–Kier alpha value is -1.97. The third-order valence-corrected chi connectivity index (χ3v) is 2.98. The number of nitrogens with zero attached hydrogens (tertiary/aromatic N) is 1. The van der Waals surface area contributed by atoms with Crippen molar-refractivity contribution < 1.29 is 9.47 Å². The van der Waals surface area contributed by atoms with Crippen LogP contribution in [0.25, 0.3) is 11.3 Å². The van der Waals surface area contributed by atoms with Crippen molar-refractivity contribution in [2.45, 2.75) is 20.8 Å². The highest BCUT2D eigenvalue weighted by molar-refractivity contribution is 5.72. The van der Waals surface area contributed by atoms with Gasteiger partial charge in [-0.25, -0.2) is 4.98 Å². The maximum atomic E-state index is 5.43. The Kier molecular flexibility index (Phi) is 3.28. The normalized spacial score (nSPS) is 10.5. The number of aromatic amines is 1. The van der Waals surface area contributed by atoms with E-state index in [2.05, 4.69) is 9.97 Å². The van der Waals surface area contributed by atoms with Crippen molar-refractivity contribution in [1.82, 2.24) is 9.97 Å². The zero-order valence-corrected chi connectivity index (χ0v) is 11.4. The lowest BCUT2D eigenvalue weighted by molar-refractivity contribution is 0.401. The number of nitrogens with one attached hydrogen (secondary N) is 1. The first kappa shape index (κ1) is 12.5. The molecule has 0 amide bonds. The van der Waals surface area contributed by atoms with Crippen LogP contribution in [0.3, 0.4) is 0 Å². The predicted molar refractivity (Wildman–Crippen MR) is 71.3 cm³/mol. The lowest BCUT2D eigenvalue weighted by Gasteiger charge is -2.12. The summed E-state index contributed by atoms with van der Waals surface area (Å²) in [6, 6.07) is 3.94. The maximum absolute atomic E-state index is 5.43. The van der Waals surface area contributed by atoms with Gasteiger partial charge in [-0.05, 0) is 38.5 Å². The van der Waals surface area contributed by atoms with Crippen LogP contribution in [0.5, 0.6) is 11.5 Å². The van der Waals surface area contributed by atoms with Crippen LogP contribution in [0.2, 0.25) is 0 Å². The predicted octanol–water partition coefficient (Wildman–Crippen LogP) is 3.02. The zero-order valence-electron chi connectivity index (χ0n) is 11.4. The van der Waals surface area contributed by atoms with Gasteiger partial charge < -0.3 is 14.5 Å². The van der Waals surface area contributed by atoms with E-state index in [-0.39, 0.29) is 0 Å². The molecule has 0 saturated heterocycles. The standard InChI is InChI=1S/C14H18N2O2/c1-8-6-13(18-5)11(7-12(8)17-4)14-9(2)15-10(3)16-14/h6-7H,1-5H3,(H,15,16). The second-order valence-electron chi connectivity index (χ2n) is 4.32. The number of hydrogen-bond acceptors (Lipinski definition) is 3. The molecule has 0 bridgehead atoms. The summed E-state index contributed by atoms with van der Waals surface area (Å²) in [4.78, 5) is 7.70.